The topological polar surface area (TPSA) is 89.5 Å². The molecule has 1 aromatic carbocycles. The summed E-state index contributed by atoms with van der Waals surface area (Å²) in [6, 6.07) is 7.15. The fourth-order valence-corrected chi connectivity index (χ4v) is 6.21. The molecule has 1 N–H and O–H groups in total. The molecule has 1 aromatic rings. The molecule has 8 heteroatoms. The fraction of sp³-hybridized carbons (Fsp3) is 0.529. The summed E-state index contributed by atoms with van der Waals surface area (Å²) in [4.78, 5) is 25.1. The smallest absolute Gasteiger partial charge is 0.340 e. The summed E-state index contributed by atoms with van der Waals surface area (Å²) in [6.07, 6.45) is 1.65. The third kappa shape index (κ3) is 4.98. The number of carbonyl (C=O) groups is 2. The van der Waals surface area contributed by atoms with Gasteiger partial charge in [-0.15, -0.1) is 11.8 Å². The monoisotopic (exact) mass is 383 g/mol. The van der Waals surface area contributed by atoms with Crippen molar-refractivity contribution in [3.8, 4) is 0 Å². The Morgan fingerprint density at radius 1 is 1.24 bits per heavy atom. The minimum absolute atomic E-state index is 0.0606. The molecule has 1 amide bonds. The molecule has 0 radical (unpaired) electrons. The highest BCUT2D eigenvalue weighted by Crippen LogP contribution is 2.33. The largest absolute Gasteiger partial charge is 0.449 e. The number of rotatable bonds is 6. The van der Waals surface area contributed by atoms with E-state index in [1.54, 1.807) is 31.2 Å². The number of esters is 1. The van der Waals surface area contributed by atoms with Gasteiger partial charge in [0.05, 0.1) is 17.1 Å². The number of nitrogens with one attached hydrogen (secondary N) is 1. The van der Waals surface area contributed by atoms with Crippen LogP contribution in [0.4, 0.5) is 0 Å². The van der Waals surface area contributed by atoms with E-state index >= 15 is 0 Å². The van der Waals surface area contributed by atoms with Crippen LogP contribution in [0.25, 0.3) is 0 Å². The third-order valence-corrected chi connectivity index (χ3v) is 7.49. The average molecular weight is 383 g/mol. The summed E-state index contributed by atoms with van der Waals surface area (Å²) in [7, 11) is -2.97. The maximum atomic E-state index is 12.4. The van der Waals surface area contributed by atoms with Crippen LogP contribution in [0.1, 0.15) is 36.5 Å². The van der Waals surface area contributed by atoms with Gasteiger partial charge in [-0.25, -0.2) is 13.2 Å². The third-order valence-electron chi connectivity index (χ3n) is 4.17. The van der Waals surface area contributed by atoms with E-state index in [4.69, 9.17) is 4.74 Å². The molecule has 3 rings (SSSR count). The van der Waals surface area contributed by atoms with Gasteiger partial charge in [0, 0.05) is 16.2 Å². The number of amides is 1. The Labute approximate surface area is 151 Å². The van der Waals surface area contributed by atoms with Gasteiger partial charge >= 0.3 is 5.97 Å². The highest BCUT2D eigenvalue weighted by atomic mass is 32.2. The molecular weight excluding hydrogens is 362 g/mol. The molecule has 2 aliphatic rings. The minimum Gasteiger partial charge on any atom is -0.449 e. The SMILES string of the molecule is C[C@@H](OC(=O)c1ccccc1S[C@@H]1CCS(=O)(=O)C1)C(=O)NC1CC1. The van der Waals surface area contributed by atoms with E-state index in [-0.39, 0.29) is 28.7 Å². The van der Waals surface area contributed by atoms with Crippen molar-refractivity contribution in [3.05, 3.63) is 29.8 Å². The molecule has 1 aliphatic carbocycles. The van der Waals surface area contributed by atoms with Crippen LogP contribution in [0, 0.1) is 0 Å². The average Bonchev–Trinajstić information content (AvgIpc) is 3.30. The van der Waals surface area contributed by atoms with Gasteiger partial charge in [-0.1, -0.05) is 12.1 Å². The quantitative estimate of drug-likeness (QED) is 0.754. The lowest BCUT2D eigenvalue weighted by Crippen LogP contribution is -2.37. The summed E-state index contributed by atoms with van der Waals surface area (Å²) in [5.74, 6) is -0.540. The van der Waals surface area contributed by atoms with Crippen molar-refractivity contribution in [3.63, 3.8) is 0 Å². The highest BCUT2D eigenvalue weighted by molar-refractivity contribution is 8.02. The highest BCUT2D eigenvalue weighted by Gasteiger charge is 2.31. The Balaban J connectivity index is 1.65. The number of sulfone groups is 1. The van der Waals surface area contributed by atoms with Crippen LogP contribution >= 0.6 is 11.8 Å². The predicted octanol–water partition coefficient (Wildman–Crippen LogP) is 1.79. The van der Waals surface area contributed by atoms with E-state index in [9.17, 15) is 18.0 Å². The molecule has 2 atom stereocenters. The lowest BCUT2D eigenvalue weighted by Gasteiger charge is -2.15. The number of benzene rings is 1. The van der Waals surface area contributed by atoms with Crippen LogP contribution in [0.15, 0.2) is 29.2 Å². The molecule has 0 bridgehead atoms. The number of hydrogen-bond acceptors (Lipinski definition) is 6. The van der Waals surface area contributed by atoms with Crippen LogP contribution < -0.4 is 5.32 Å². The molecule has 1 saturated carbocycles. The van der Waals surface area contributed by atoms with Crippen LogP contribution in [-0.4, -0.2) is 49.2 Å². The molecule has 1 heterocycles. The lowest BCUT2D eigenvalue weighted by molar-refractivity contribution is -0.129. The van der Waals surface area contributed by atoms with Crippen molar-refractivity contribution in [2.45, 2.75) is 48.5 Å². The predicted molar refractivity (Wildman–Crippen MR) is 95.4 cm³/mol. The second-order valence-electron chi connectivity index (χ2n) is 6.47. The zero-order chi connectivity index (χ0) is 18.0. The number of hydrogen-bond donors (Lipinski definition) is 1. The van der Waals surface area contributed by atoms with Crippen molar-refractivity contribution in [1.29, 1.82) is 0 Å². The summed E-state index contributed by atoms with van der Waals surface area (Å²) >= 11 is 1.38. The molecule has 1 aliphatic heterocycles. The Morgan fingerprint density at radius 2 is 1.96 bits per heavy atom. The second kappa shape index (κ2) is 7.37. The normalized spacial score (nSPS) is 23.0. The van der Waals surface area contributed by atoms with Crippen molar-refractivity contribution in [1.82, 2.24) is 5.32 Å². The van der Waals surface area contributed by atoms with Crippen LogP contribution in [-0.2, 0) is 19.4 Å². The first kappa shape index (κ1) is 18.3. The molecule has 25 heavy (non-hydrogen) atoms. The number of carbonyl (C=O) groups excluding carboxylic acids is 2. The Kier molecular flexibility index (Phi) is 5.38. The van der Waals surface area contributed by atoms with Gasteiger partial charge in [0.15, 0.2) is 15.9 Å². The lowest BCUT2D eigenvalue weighted by atomic mass is 10.2. The van der Waals surface area contributed by atoms with Gasteiger partial charge in [0.2, 0.25) is 0 Å². The van der Waals surface area contributed by atoms with Gasteiger partial charge in [0.25, 0.3) is 5.91 Å². The molecule has 1 saturated heterocycles. The van der Waals surface area contributed by atoms with Gasteiger partial charge in [-0.3, -0.25) is 4.79 Å². The van der Waals surface area contributed by atoms with E-state index < -0.39 is 21.9 Å². The van der Waals surface area contributed by atoms with Gasteiger partial charge in [-0.2, -0.15) is 0 Å². The van der Waals surface area contributed by atoms with Crippen LogP contribution in [0.3, 0.4) is 0 Å². The number of thioether (sulfide) groups is 1. The summed E-state index contributed by atoms with van der Waals surface area (Å²) in [5.41, 5.74) is 0.364. The molecular formula is C17H21NO5S2. The van der Waals surface area contributed by atoms with Crippen LogP contribution in [0.2, 0.25) is 0 Å². The molecule has 136 valence electrons. The van der Waals surface area contributed by atoms with E-state index in [2.05, 4.69) is 5.32 Å². The van der Waals surface area contributed by atoms with Crippen LogP contribution in [0.5, 0.6) is 0 Å². The van der Waals surface area contributed by atoms with Gasteiger partial charge in [0.1, 0.15) is 0 Å². The minimum atomic E-state index is -2.97. The molecule has 2 fully saturated rings. The standard InChI is InChI=1S/C17H21NO5S2/c1-11(16(19)18-12-6-7-12)23-17(20)14-4-2-3-5-15(14)24-13-8-9-25(21,22)10-13/h2-5,11-13H,6-10H2,1H3,(H,18,19)/t11-,13-/m1/s1. The first-order chi connectivity index (χ1) is 11.8. The zero-order valence-electron chi connectivity index (χ0n) is 13.9. The van der Waals surface area contributed by atoms with Crippen molar-refractivity contribution in [2.75, 3.05) is 11.5 Å². The van der Waals surface area contributed by atoms with Gasteiger partial charge < -0.3 is 10.1 Å². The fourth-order valence-electron chi connectivity index (χ4n) is 2.60. The summed E-state index contributed by atoms with van der Waals surface area (Å²) < 4.78 is 28.5. The summed E-state index contributed by atoms with van der Waals surface area (Å²) in [6.45, 7) is 1.55. The first-order valence-electron chi connectivity index (χ1n) is 8.31. The van der Waals surface area contributed by atoms with Crippen molar-refractivity contribution in [2.24, 2.45) is 0 Å². The Morgan fingerprint density at radius 3 is 2.60 bits per heavy atom. The Bertz CT molecular complexity index is 773. The van der Waals surface area contributed by atoms with E-state index in [1.807, 2.05) is 0 Å². The van der Waals surface area contributed by atoms with Crippen molar-refractivity contribution >= 4 is 33.5 Å². The molecule has 0 aromatic heterocycles. The summed E-state index contributed by atoms with van der Waals surface area (Å²) in [5, 5.41) is 2.74. The Hall–Kier alpha value is -1.54. The van der Waals surface area contributed by atoms with Crippen molar-refractivity contribution < 1.29 is 22.7 Å². The second-order valence-corrected chi connectivity index (χ2v) is 10.0. The maximum absolute atomic E-state index is 12.4. The first-order valence-corrected chi connectivity index (χ1v) is 11.0. The maximum Gasteiger partial charge on any atom is 0.340 e. The zero-order valence-corrected chi connectivity index (χ0v) is 15.6. The molecule has 0 spiro atoms. The number of ether oxygens (including phenoxy) is 1. The van der Waals surface area contributed by atoms with Gasteiger partial charge in [-0.05, 0) is 38.3 Å². The van der Waals surface area contributed by atoms with E-state index in [0.29, 0.717) is 16.9 Å². The molecule has 0 unspecified atom stereocenters. The molecule has 6 nitrogen and oxygen atoms in total. The van der Waals surface area contributed by atoms with E-state index in [0.717, 1.165) is 12.8 Å². The van der Waals surface area contributed by atoms with E-state index in [1.165, 1.54) is 11.8 Å².